The summed E-state index contributed by atoms with van der Waals surface area (Å²) in [6.07, 6.45) is 6.09. The van der Waals surface area contributed by atoms with Crippen LogP contribution in [-0.4, -0.2) is 53.0 Å². The van der Waals surface area contributed by atoms with Gasteiger partial charge < -0.3 is 20.5 Å². The van der Waals surface area contributed by atoms with Crippen molar-refractivity contribution in [1.29, 1.82) is 0 Å². The van der Waals surface area contributed by atoms with Crippen molar-refractivity contribution in [2.45, 2.75) is 107 Å². The van der Waals surface area contributed by atoms with Crippen molar-refractivity contribution in [1.82, 2.24) is 0 Å². The van der Waals surface area contributed by atoms with Crippen LogP contribution in [0.1, 0.15) is 73.1 Å². The molecular formula is C22H39ClN2O2-2. The van der Waals surface area contributed by atoms with Gasteiger partial charge in [0, 0.05) is 6.10 Å². The lowest BCUT2D eigenvalue weighted by atomic mass is 9.52. The predicted octanol–water partition coefficient (Wildman–Crippen LogP) is 5.26. The summed E-state index contributed by atoms with van der Waals surface area (Å²) < 4.78 is 6.75. The Morgan fingerprint density at radius 3 is 2.22 bits per heavy atom. The van der Waals surface area contributed by atoms with Gasteiger partial charge in [0.2, 0.25) is 0 Å². The van der Waals surface area contributed by atoms with Crippen LogP contribution in [0.4, 0.5) is 0 Å². The maximum Gasteiger partial charge on any atom is 0.0785 e. The van der Waals surface area contributed by atoms with E-state index < -0.39 is 5.60 Å². The number of nitrogens with zero attached hydrogens (tertiary/aromatic N) is 2. The van der Waals surface area contributed by atoms with Gasteiger partial charge in [0.25, 0.3) is 0 Å². The molecule has 3 fully saturated rings. The fourth-order valence-electron chi connectivity index (χ4n) is 6.20. The maximum absolute atomic E-state index is 11.0. The van der Waals surface area contributed by atoms with Crippen LogP contribution >= 0.6 is 11.6 Å². The molecule has 0 aromatic heterocycles. The lowest BCUT2D eigenvalue weighted by Gasteiger charge is -2.64. The monoisotopic (exact) mass is 398 g/mol. The molecule has 0 bridgehead atoms. The molecule has 8 unspecified atom stereocenters. The number of hydrogen-bond donors (Lipinski definition) is 1. The molecule has 3 rings (SSSR count). The van der Waals surface area contributed by atoms with Crippen molar-refractivity contribution in [2.24, 2.45) is 17.8 Å². The average molecular weight is 399 g/mol. The summed E-state index contributed by atoms with van der Waals surface area (Å²) >= 11 is 6.99. The summed E-state index contributed by atoms with van der Waals surface area (Å²) in [7, 11) is 3.83. The van der Waals surface area contributed by atoms with Crippen LogP contribution in [0.3, 0.4) is 0 Å². The summed E-state index contributed by atoms with van der Waals surface area (Å²) in [6, 6.07) is 0. The topological polar surface area (TPSA) is 57.7 Å². The van der Waals surface area contributed by atoms with Crippen molar-refractivity contribution in [3.63, 3.8) is 0 Å². The number of rotatable bonds is 4. The van der Waals surface area contributed by atoms with Gasteiger partial charge in [-0.2, -0.15) is 14.1 Å². The Morgan fingerprint density at radius 2 is 1.63 bits per heavy atom. The average Bonchev–Trinajstić information content (AvgIpc) is 3.02. The standard InChI is InChI=1S/C22H39ClN2O2/c1-19(2,24-6)16-10-13-22(5,27-16)15-8-11-20(3,25-7)14-9-12-21(4,26)18(23)17(14)15/h14-18,26H,8-13H2,1-7H3/q-2. The molecule has 5 heteroatoms. The van der Waals surface area contributed by atoms with E-state index in [1.54, 1.807) is 0 Å². The van der Waals surface area contributed by atoms with Gasteiger partial charge in [0.05, 0.1) is 16.6 Å². The first-order valence-corrected chi connectivity index (χ1v) is 11.1. The second-order valence-corrected chi connectivity index (χ2v) is 11.0. The summed E-state index contributed by atoms with van der Waals surface area (Å²) in [6.45, 7) is 10.8. The third-order valence-electron chi connectivity index (χ3n) is 8.56. The lowest BCUT2D eigenvalue weighted by molar-refractivity contribution is -0.143. The van der Waals surface area contributed by atoms with Crippen molar-refractivity contribution in [3.8, 4) is 0 Å². The molecule has 27 heavy (non-hydrogen) atoms. The number of likely N-dealkylation sites (N-methyl/N-ethyl adjacent to an activating group) is 1. The maximum atomic E-state index is 11.0. The van der Waals surface area contributed by atoms with Crippen LogP contribution in [0.5, 0.6) is 0 Å². The van der Waals surface area contributed by atoms with E-state index in [4.69, 9.17) is 21.7 Å². The van der Waals surface area contributed by atoms with Gasteiger partial charge in [-0.05, 0) is 57.8 Å². The minimum atomic E-state index is -0.820. The van der Waals surface area contributed by atoms with E-state index >= 15 is 0 Å². The minimum absolute atomic E-state index is 0.0444. The third kappa shape index (κ3) is 3.59. The highest BCUT2D eigenvalue weighted by Gasteiger charge is 2.58. The zero-order valence-corrected chi connectivity index (χ0v) is 19.0. The molecule has 3 aliphatic rings. The molecule has 2 aliphatic carbocycles. The molecule has 1 aliphatic heterocycles. The largest absolute Gasteiger partial charge is 0.659 e. The highest BCUT2D eigenvalue weighted by molar-refractivity contribution is 6.21. The van der Waals surface area contributed by atoms with E-state index in [2.05, 4.69) is 33.0 Å². The molecule has 2 saturated carbocycles. The molecule has 1 N–H and O–H groups in total. The van der Waals surface area contributed by atoms with Gasteiger partial charge in [-0.15, -0.1) is 22.7 Å². The van der Waals surface area contributed by atoms with Crippen LogP contribution in [-0.2, 0) is 4.74 Å². The Balaban J connectivity index is 1.91. The van der Waals surface area contributed by atoms with E-state index in [1.807, 2.05) is 21.0 Å². The number of alkyl halides is 1. The van der Waals surface area contributed by atoms with Crippen LogP contribution < -0.4 is 0 Å². The Morgan fingerprint density at radius 1 is 1.00 bits per heavy atom. The van der Waals surface area contributed by atoms with Gasteiger partial charge >= 0.3 is 0 Å². The first-order valence-electron chi connectivity index (χ1n) is 10.7. The van der Waals surface area contributed by atoms with Gasteiger partial charge in [-0.25, -0.2) is 0 Å². The molecule has 0 spiro atoms. The fourth-order valence-corrected chi connectivity index (χ4v) is 6.66. The van der Waals surface area contributed by atoms with Crippen molar-refractivity contribution >= 4 is 11.6 Å². The highest BCUT2D eigenvalue weighted by Crippen LogP contribution is 2.59. The lowest BCUT2D eigenvalue weighted by Crippen LogP contribution is -2.61. The van der Waals surface area contributed by atoms with Crippen molar-refractivity contribution < 1.29 is 9.84 Å². The first-order chi connectivity index (χ1) is 12.4. The first kappa shape index (κ1) is 21.8. The Labute approximate surface area is 171 Å². The van der Waals surface area contributed by atoms with Gasteiger partial charge in [0.15, 0.2) is 0 Å². The fraction of sp³-hybridized carbons (Fsp3) is 1.00. The van der Waals surface area contributed by atoms with Gasteiger partial charge in [-0.3, -0.25) is 0 Å². The van der Waals surface area contributed by atoms with E-state index in [0.717, 1.165) is 38.5 Å². The molecule has 0 aromatic carbocycles. The Bertz CT molecular complexity index is 554. The predicted molar refractivity (Wildman–Crippen MR) is 113 cm³/mol. The number of hydrogen-bond acceptors (Lipinski definition) is 2. The van der Waals surface area contributed by atoms with Crippen molar-refractivity contribution in [3.05, 3.63) is 10.6 Å². The summed E-state index contributed by atoms with van der Waals surface area (Å²) in [5.41, 5.74) is -1.24. The Kier molecular flexibility index (Phi) is 5.76. The molecule has 0 aromatic rings. The van der Waals surface area contributed by atoms with Crippen molar-refractivity contribution in [2.75, 3.05) is 14.1 Å². The smallest absolute Gasteiger partial charge is 0.0785 e. The van der Waals surface area contributed by atoms with Crippen LogP contribution in [0.2, 0.25) is 0 Å². The number of fused-ring (bicyclic) bond motifs is 1. The Hall–Kier alpha value is 0.130. The zero-order valence-electron chi connectivity index (χ0n) is 18.3. The molecule has 0 radical (unpaired) electrons. The number of halogens is 1. The SMILES string of the molecule is C[N-]C(C)(C)C1CCC(C)(C2CCC(C)([N-]C)C3CCC(C)(O)C(Cl)C32)O1. The molecule has 4 nitrogen and oxygen atoms in total. The molecule has 8 atom stereocenters. The van der Waals surface area contributed by atoms with Gasteiger partial charge in [-0.1, -0.05) is 33.1 Å². The zero-order chi connectivity index (χ0) is 20.3. The second kappa shape index (κ2) is 7.12. The van der Waals surface area contributed by atoms with Crippen LogP contribution in [0, 0.1) is 17.8 Å². The molecule has 0 amide bonds. The van der Waals surface area contributed by atoms with E-state index in [9.17, 15) is 5.11 Å². The third-order valence-corrected chi connectivity index (χ3v) is 9.32. The number of aliphatic hydroxyl groups is 1. The molecule has 158 valence electrons. The normalized spacial score (nSPS) is 51.2. The summed E-state index contributed by atoms with van der Waals surface area (Å²) in [4.78, 5) is 0. The summed E-state index contributed by atoms with van der Waals surface area (Å²) in [5.74, 6) is 0.986. The molecule has 1 saturated heterocycles. The van der Waals surface area contributed by atoms with Crippen LogP contribution in [0.25, 0.3) is 10.6 Å². The van der Waals surface area contributed by atoms with E-state index in [0.29, 0.717) is 11.8 Å². The van der Waals surface area contributed by atoms with Gasteiger partial charge in [0.1, 0.15) is 0 Å². The second-order valence-electron chi connectivity index (χ2n) is 10.5. The quantitative estimate of drug-likeness (QED) is 0.656. The summed E-state index contributed by atoms with van der Waals surface area (Å²) in [5, 5.41) is 20.1. The highest BCUT2D eigenvalue weighted by atomic mass is 35.5. The minimum Gasteiger partial charge on any atom is -0.659 e. The molecular weight excluding hydrogens is 360 g/mol. The van der Waals surface area contributed by atoms with E-state index in [1.165, 1.54) is 0 Å². The van der Waals surface area contributed by atoms with Crippen LogP contribution in [0.15, 0.2) is 0 Å². The number of ether oxygens (including phenoxy) is 1. The molecule has 1 heterocycles. The van der Waals surface area contributed by atoms with E-state index in [-0.39, 0.29) is 34.1 Å².